The minimum atomic E-state index is -0.306. The smallest absolute Gasteiger partial charge is 0.128 e. The van der Waals surface area contributed by atoms with Crippen LogP contribution in [-0.4, -0.2) is 6.54 Å². The summed E-state index contributed by atoms with van der Waals surface area (Å²) >= 11 is 5.91. The van der Waals surface area contributed by atoms with Gasteiger partial charge in [-0.1, -0.05) is 29.3 Å². The van der Waals surface area contributed by atoms with Crippen LogP contribution in [0.5, 0.6) is 0 Å². The zero-order chi connectivity index (χ0) is 13.8. The van der Waals surface area contributed by atoms with E-state index in [4.69, 9.17) is 17.3 Å². The lowest BCUT2D eigenvalue weighted by Gasteiger charge is -2.19. The summed E-state index contributed by atoms with van der Waals surface area (Å²) in [5.74, 6) is -0.306. The van der Waals surface area contributed by atoms with Crippen molar-refractivity contribution in [2.24, 2.45) is 5.73 Å². The maximum atomic E-state index is 13.8. The molecule has 4 heteroatoms. The van der Waals surface area contributed by atoms with Gasteiger partial charge < -0.3 is 11.1 Å². The van der Waals surface area contributed by atoms with Crippen LogP contribution in [-0.2, 0) is 0 Å². The Morgan fingerprint density at radius 2 is 1.89 bits per heavy atom. The van der Waals surface area contributed by atoms with Gasteiger partial charge in [-0.15, -0.1) is 0 Å². The molecule has 0 aliphatic carbocycles. The highest BCUT2D eigenvalue weighted by molar-refractivity contribution is 6.30. The van der Waals surface area contributed by atoms with Gasteiger partial charge in [-0.25, -0.2) is 4.39 Å². The van der Waals surface area contributed by atoms with Crippen molar-refractivity contribution >= 4 is 17.3 Å². The first-order valence-electron chi connectivity index (χ1n) is 6.08. The van der Waals surface area contributed by atoms with E-state index < -0.39 is 0 Å². The maximum Gasteiger partial charge on any atom is 0.128 e. The molecular formula is C15H16ClFN2. The van der Waals surface area contributed by atoms with E-state index in [1.807, 2.05) is 31.2 Å². The Bertz CT molecular complexity index is 555. The summed E-state index contributed by atoms with van der Waals surface area (Å²) < 4.78 is 13.8. The monoisotopic (exact) mass is 278 g/mol. The Hall–Kier alpha value is -1.58. The highest BCUT2D eigenvalue weighted by atomic mass is 35.5. The molecule has 2 aromatic carbocycles. The summed E-state index contributed by atoms with van der Waals surface area (Å²) in [5.41, 5.74) is 8.28. The average Bonchev–Trinajstić information content (AvgIpc) is 2.41. The lowest BCUT2D eigenvalue weighted by atomic mass is 10.1. The van der Waals surface area contributed by atoms with Crippen molar-refractivity contribution in [2.75, 3.05) is 11.9 Å². The van der Waals surface area contributed by atoms with Gasteiger partial charge >= 0.3 is 0 Å². The summed E-state index contributed by atoms with van der Waals surface area (Å²) in [6.45, 7) is 2.30. The van der Waals surface area contributed by atoms with Gasteiger partial charge in [0.05, 0.1) is 6.04 Å². The minimum Gasteiger partial charge on any atom is -0.377 e. The van der Waals surface area contributed by atoms with Gasteiger partial charge in [0.2, 0.25) is 0 Å². The van der Waals surface area contributed by atoms with Gasteiger partial charge in [0.1, 0.15) is 5.82 Å². The van der Waals surface area contributed by atoms with Crippen LogP contribution in [0.25, 0.3) is 0 Å². The first kappa shape index (κ1) is 13.8. The third-order valence-corrected chi connectivity index (χ3v) is 3.20. The van der Waals surface area contributed by atoms with Crippen LogP contribution in [0, 0.1) is 12.7 Å². The topological polar surface area (TPSA) is 38.0 Å². The quantitative estimate of drug-likeness (QED) is 0.890. The van der Waals surface area contributed by atoms with Crippen molar-refractivity contribution in [2.45, 2.75) is 13.0 Å². The highest BCUT2D eigenvalue weighted by Crippen LogP contribution is 2.24. The zero-order valence-corrected chi connectivity index (χ0v) is 11.4. The molecule has 3 N–H and O–H groups in total. The number of benzene rings is 2. The number of nitrogens with one attached hydrogen (secondary N) is 1. The predicted octanol–water partition coefficient (Wildman–Crippen LogP) is 3.90. The summed E-state index contributed by atoms with van der Waals surface area (Å²) in [4.78, 5) is 0. The van der Waals surface area contributed by atoms with Crippen molar-refractivity contribution in [1.29, 1.82) is 0 Å². The molecule has 1 atom stereocenters. The van der Waals surface area contributed by atoms with Crippen LogP contribution in [0.15, 0.2) is 42.5 Å². The normalized spacial score (nSPS) is 12.2. The molecular weight excluding hydrogens is 263 g/mol. The van der Waals surface area contributed by atoms with Gasteiger partial charge in [-0.2, -0.15) is 0 Å². The molecule has 2 nitrogen and oxygen atoms in total. The summed E-state index contributed by atoms with van der Waals surface area (Å²) in [6.07, 6.45) is 0. The van der Waals surface area contributed by atoms with Gasteiger partial charge in [-0.05, 0) is 37.3 Å². The molecule has 0 heterocycles. The number of anilines is 1. The van der Waals surface area contributed by atoms with Crippen LogP contribution >= 0.6 is 11.6 Å². The van der Waals surface area contributed by atoms with Crippen LogP contribution < -0.4 is 11.1 Å². The third-order valence-electron chi connectivity index (χ3n) is 2.96. The van der Waals surface area contributed by atoms with E-state index in [9.17, 15) is 4.39 Å². The van der Waals surface area contributed by atoms with E-state index in [-0.39, 0.29) is 18.4 Å². The predicted molar refractivity (Wildman–Crippen MR) is 78.0 cm³/mol. The molecule has 0 bridgehead atoms. The van der Waals surface area contributed by atoms with Gasteiger partial charge in [0.15, 0.2) is 0 Å². The molecule has 0 amide bonds. The van der Waals surface area contributed by atoms with Crippen molar-refractivity contribution in [1.82, 2.24) is 0 Å². The molecule has 0 spiro atoms. The first-order valence-corrected chi connectivity index (χ1v) is 6.46. The standard InChI is InChI=1S/C15H16ClFN2/c1-10-2-5-12(6-3-10)19-15(9-18)13-8-11(16)4-7-14(13)17/h2-8,15,19H,9,18H2,1H3. The van der Waals surface area contributed by atoms with E-state index >= 15 is 0 Å². The van der Waals surface area contributed by atoms with Gasteiger partial charge in [-0.3, -0.25) is 0 Å². The molecule has 2 aromatic rings. The van der Waals surface area contributed by atoms with Crippen LogP contribution in [0.2, 0.25) is 5.02 Å². The molecule has 1 unspecified atom stereocenters. The minimum absolute atomic E-state index is 0.283. The molecule has 0 radical (unpaired) electrons. The van der Waals surface area contributed by atoms with E-state index in [0.29, 0.717) is 10.6 Å². The van der Waals surface area contributed by atoms with Crippen molar-refractivity contribution in [3.05, 3.63) is 64.4 Å². The molecule has 0 fully saturated rings. The Morgan fingerprint density at radius 1 is 1.21 bits per heavy atom. The lowest BCUT2D eigenvalue weighted by molar-refractivity contribution is 0.593. The molecule has 2 rings (SSSR count). The van der Waals surface area contributed by atoms with E-state index in [1.165, 1.54) is 17.7 Å². The van der Waals surface area contributed by atoms with E-state index in [1.54, 1.807) is 6.07 Å². The second kappa shape index (κ2) is 6.04. The molecule has 0 aromatic heterocycles. The fourth-order valence-electron chi connectivity index (χ4n) is 1.90. The second-order valence-corrected chi connectivity index (χ2v) is 4.90. The fraction of sp³-hybridized carbons (Fsp3) is 0.200. The molecule has 0 saturated carbocycles. The largest absolute Gasteiger partial charge is 0.377 e. The Balaban J connectivity index is 2.24. The summed E-state index contributed by atoms with van der Waals surface area (Å²) in [7, 11) is 0. The number of hydrogen-bond donors (Lipinski definition) is 2. The number of hydrogen-bond acceptors (Lipinski definition) is 2. The number of aryl methyl sites for hydroxylation is 1. The fourth-order valence-corrected chi connectivity index (χ4v) is 2.08. The lowest BCUT2D eigenvalue weighted by Crippen LogP contribution is -2.21. The molecule has 0 aliphatic heterocycles. The summed E-state index contributed by atoms with van der Waals surface area (Å²) in [6, 6.07) is 12.1. The van der Waals surface area contributed by atoms with Crippen LogP contribution in [0.1, 0.15) is 17.2 Å². The SMILES string of the molecule is Cc1ccc(NC(CN)c2cc(Cl)ccc2F)cc1. The van der Waals surface area contributed by atoms with Crippen molar-refractivity contribution in [3.63, 3.8) is 0 Å². The van der Waals surface area contributed by atoms with E-state index in [2.05, 4.69) is 5.32 Å². The Labute approximate surface area is 117 Å². The highest BCUT2D eigenvalue weighted by Gasteiger charge is 2.14. The second-order valence-electron chi connectivity index (χ2n) is 4.46. The molecule has 0 saturated heterocycles. The van der Waals surface area contributed by atoms with Gasteiger partial charge in [0.25, 0.3) is 0 Å². The van der Waals surface area contributed by atoms with Crippen LogP contribution in [0.3, 0.4) is 0 Å². The average molecular weight is 279 g/mol. The third kappa shape index (κ3) is 3.46. The Kier molecular flexibility index (Phi) is 4.40. The van der Waals surface area contributed by atoms with E-state index in [0.717, 1.165) is 5.69 Å². The number of nitrogens with two attached hydrogens (primary N) is 1. The van der Waals surface area contributed by atoms with Crippen molar-refractivity contribution in [3.8, 4) is 0 Å². The summed E-state index contributed by atoms with van der Waals surface area (Å²) in [5, 5.41) is 3.72. The first-order chi connectivity index (χ1) is 9.10. The molecule has 0 aliphatic rings. The van der Waals surface area contributed by atoms with Crippen molar-refractivity contribution < 1.29 is 4.39 Å². The zero-order valence-electron chi connectivity index (χ0n) is 10.7. The molecule has 100 valence electrons. The Morgan fingerprint density at radius 3 is 2.53 bits per heavy atom. The molecule has 19 heavy (non-hydrogen) atoms. The number of rotatable bonds is 4. The van der Waals surface area contributed by atoms with Gasteiger partial charge in [0, 0.05) is 22.8 Å². The van der Waals surface area contributed by atoms with Crippen LogP contribution in [0.4, 0.5) is 10.1 Å². The number of halogens is 2. The maximum absolute atomic E-state index is 13.8.